The Bertz CT molecular complexity index is 932. The van der Waals surface area contributed by atoms with Crippen LogP contribution in [0.1, 0.15) is 60.5 Å². The molecule has 0 saturated carbocycles. The molecule has 4 heterocycles. The van der Waals surface area contributed by atoms with Crippen LogP contribution in [0.3, 0.4) is 0 Å². The van der Waals surface area contributed by atoms with Gasteiger partial charge < -0.3 is 9.42 Å². The van der Waals surface area contributed by atoms with E-state index in [0.717, 1.165) is 28.8 Å². The normalized spacial score (nSPS) is 17.8. The molecule has 3 aromatic heterocycles. The first-order valence-corrected chi connectivity index (χ1v) is 9.10. The minimum atomic E-state index is -0.0853. The van der Waals surface area contributed by atoms with E-state index in [4.69, 9.17) is 4.52 Å². The second kappa shape index (κ2) is 6.25. The quantitative estimate of drug-likeness (QED) is 0.667. The van der Waals surface area contributed by atoms with Crippen molar-refractivity contribution in [2.45, 2.75) is 38.6 Å². The fraction of sp³-hybridized carbons (Fsp3) is 0.412. The summed E-state index contributed by atoms with van der Waals surface area (Å²) in [7, 11) is 0. The van der Waals surface area contributed by atoms with Crippen LogP contribution in [0.15, 0.2) is 33.7 Å². The lowest BCUT2D eigenvalue weighted by Crippen LogP contribution is -2.30. The number of carbonyl (C=O) groups excluding carboxylic acids is 1. The van der Waals surface area contributed by atoms with E-state index in [0.29, 0.717) is 23.7 Å². The smallest absolute Gasteiger partial charge is 0.259 e. The molecule has 0 unspecified atom stereocenters. The Morgan fingerprint density at radius 1 is 1.40 bits per heavy atom. The summed E-state index contributed by atoms with van der Waals surface area (Å²) in [6, 6.07) is 1.88. The van der Waals surface area contributed by atoms with E-state index in [1.54, 1.807) is 23.1 Å². The van der Waals surface area contributed by atoms with Gasteiger partial charge >= 0.3 is 0 Å². The maximum Gasteiger partial charge on any atom is 0.259 e. The number of amides is 1. The average molecular weight is 404 g/mol. The van der Waals surface area contributed by atoms with E-state index in [-0.39, 0.29) is 11.9 Å². The van der Waals surface area contributed by atoms with Gasteiger partial charge in [0.05, 0.1) is 22.4 Å². The second-order valence-corrected chi connectivity index (χ2v) is 7.48. The van der Waals surface area contributed by atoms with E-state index >= 15 is 0 Å². The van der Waals surface area contributed by atoms with Crippen molar-refractivity contribution in [3.8, 4) is 0 Å². The monoisotopic (exact) mass is 403 g/mol. The van der Waals surface area contributed by atoms with Crippen molar-refractivity contribution >= 4 is 27.5 Å². The minimum absolute atomic E-state index is 0.0742. The number of halogens is 1. The molecule has 0 N–H and O–H groups in total. The summed E-state index contributed by atoms with van der Waals surface area (Å²) in [5.41, 5.74) is 1.97. The lowest BCUT2D eigenvalue weighted by molar-refractivity contribution is 0.0716. The average Bonchev–Trinajstić information content (AvgIpc) is 3.31. The molecule has 3 aromatic rings. The number of aromatic nitrogens is 4. The second-order valence-electron chi connectivity index (χ2n) is 6.56. The molecule has 0 spiro atoms. The molecule has 1 fully saturated rings. The fourth-order valence-electron chi connectivity index (χ4n) is 3.20. The number of hydrogen-bond donors (Lipinski definition) is 0. The van der Waals surface area contributed by atoms with Gasteiger partial charge in [-0.3, -0.25) is 4.79 Å². The minimum Gasteiger partial charge on any atom is -0.359 e. The molecule has 7 nitrogen and oxygen atoms in total. The zero-order valence-corrected chi connectivity index (χ0v) is 15.6. The van der Waals surface area contributed by atoms with Crippen molar-refractivity contribution in [2.24, 2.45) is 0 Å². The predicted molar refractivity (Wildman–Crippen MR) is 94.3 cm³/mol. The van der Waals surface area contributed by atoms with Crippen molar-refractivity contribution in [2.75, 3.05) is 6.54 Å². The first-order chi connectivity index (χ1) is 12.0. The number of hydrogen-bond acceptors (Lipinski definition) is 5. The van der Waals surface area contributed by atoms with Crippen molar-refractivity contribution in [3.63, 3.8) is 0 Å². The molecule has 130 valence electrons. The molecule has 0 radical (unpaired) electrons. The molecule has 0 aromatic carbocycles. The number of nitrogens with zero attached hydrogens (tertiary/aromatic N) is 5. The Labute approximate surface area is 153 Å². The van der Waals surface area contributed by atoms with Crippen LogP contribution >= 0.6 is 15.9 Å². The van der Waals surface area contributed by atoms with E-state index in [9.17, 15) is 4.79 Å². The molecule has 0 aliphatic carbocycles. The molecule has 1 amide bonds. The van der Waals surface area contributed by atoms with E-state index in [1.807, 2.05) is 11.0 Å². The predicted octanol–water partition coefficient (Wildman–Crippen LogP) is 3.58. The summed E-state index contributed by atoms with van der Waals surface area (Å²) in [5.74, 6) is 0.974. The van der Waals surface area contributed by atoms with Gasteiger partial charge in [-0.1, -0.05) is 19.0 Å². The summed E-state index contributed by atoms with van der Waals surface area (Å²) in [6.45, 7) is 4.83. The third kappa shape index (κ3) is 2.84. The highest BCUT2D eigenvalue weighted by atomic mass is 79.9. The molecular weight excluding hydrogens is 386 g/mol. The first kappa shape index (κ1) is 16.3. The molecule has 0 bridgehead atoms. The topological polar surface area (TPSA) is 76.5 Å². The zero-order chi connectivity index (χ0) is 17.6. The van der Waals surface area contributed by atoms with Gasteiger partial charge in [-0.2, -0.15) is 5.10 Å². The van der Waals surface area contributed by atoms with Crippen LogP contribution in [-0.2, 0) is 0 Å². The van der Waals surface area contributed by atoms with Gasteiger partial charge in [0, 0.05) is 25.0 Å². The summed E-state index contributed by atoms with van der Waals surface area (Å²) in [5, 5.41) is 8.37. The zero-order valence-electron chi connectivity index (χ0n) is 14.0. The molecule has 4 rings (SSSR count). The summed E-state index contributed by atoms with van der Waals surface area (Å²) < 4.78 is 7.94. The maximum atomic E-state index is 13.1. The van der Waals surface area contributed by atoms with E-state index in [1.165, 1.54) is 0 Å². The molecule has 1 atom stereocenters. The molecule has 25 heavy (non-hydrogen) atoms. The number of rotatable bonds is 3. The van der Waals surface area contributed by atoms with Gasteiger partial charge in [0.25, 0.3) is 5.91 Å². The SMILES string of the molecule is CC(C)c1cc([C@H]2CCCN2C(=O)c2cnn3cc(Br)cnc23)on1. The summed E-state index contributed by atoms with van der Waals surface area (Å²) in [6.07, 6.45) is 6.84. The van der Waals surface area contributed by atoms with Crippen LogP contribution in [0.4, 0.5) is 0 Å². The Morgan fingerprint density at radius 2 is 2.24 bits per heavy atom. The van der Waals surface area contributed by atoms with Gasteiger partial charge in [0.15, 0.2) is 11.4 Å². The van der Waals surface area contributed by atoms with Gasteiger partial charge in [0.1, 0.15) is 5.56 Å². The largest absolute Gasteiger partial charge is 0.359 e. The van der Waals surface area contributed by atoms with Crippen molar-refractivity contribution in [1.29, 1.82) is 0 Å². The van der Waals surface area contributed by atoms with Crippen LogP contribution in [0.25, 0.3) is 5.65 Å². The van der Waals surface area contributed by atoms with Crippen molar-refractivity contribution in [3.05, 3.63) is 46.1 Å². The maximum absolute atomic E-state index is 13.1. The number of carbonyl (C=O) groups is 1. The Balaban J connectivity index is 1.65. The molecule has 1 saturated heterocycles. The third-order valence-electron chi connectivity index (χ3n) is 4.54. The van der Waals surface area contributed by atoms with E-state index in [2.05, 4.69) is 45.0 Å². The molecule has 1 aliphatic rings. The van der Waals surface area contributed by atoms with Crippen LogP contribution < -0.4 is 0 Å². The van der Waals surface area contributed by atoms with Gasteiger partial charge in [-0.05, 0) is 34.7 Å². The summed E-state index contributed by atoms with van der Waals surface area (Å²) in [4.78, 5) is 19.3. The number of likely N-dealkylation sites (tertiary alicyclic amines) is 1. The van der Waals surface area contributed by atoms with Crippen LogP contribution in [0.2, 0.25) is 0 Å². The first-order valence-electron chi connectivity index (χ1n) is 8.31. The van der Waals surface area contributed by atoms with Gasteiger partial charge in [-0.15, -0.1) is 0 Å². The Morgan fingerprint density at radius 3 is 3.00 bits per heavy atom. The van der Waals surface area contributed by atoms with Crippen LogP contribution in [0.5, 0.6) is 0 Å². The van der Waals surface area contributed by atoms with Crippen LogP contribution in [-0.4, -0.2) is 37.1 Å². The van der Waals surface area contributed by atoms with Crippen molar-refractivity contribution < 1.29 is 9.32 Å². The fourth-order valence-corrected chi connectivity index (χ4v) is 3.49. The lowest BCUT2D eigenvalue weighted by Gasteiger charge is -2.22. The molecular formula is C17H18BrN5O2. The highest BCUT2D eigenvalue weighted by Crippen LogP contribution is 2.34. The number of fused-ring (bicyclic) bond motifs is 1. The molecule has 8 heteroatoms. The van der Waals surface area contributed by atoms with Gasteiger partial charge in [0.2, 0.25) is 0 Å². The highest BCUT2D eigenvalue weighted by Gasteiger charge is 2.34. The lowest BCUT2D eigenvalue weighted by atomic mass is 10.1. The van der Waals surface area contributed by atoms with Gasteiger partial charge in [-0.25, -0.2) is 9.50 Å². The summed E-state index contributed by atoms with van der Waals surface area (Å²) >= 11 is 3.36. The Kier molecular flexibility index (Phi) is 4.07. The third-order valence-corrected chi connectivity index (χ3v) is 4.95. The standard InChI is InChI=1S/C17H18BrN5O2/c1-10(2)13-6-15(25-21-13)14-4-3-5-22(14)17(24)12-8-20-23-9-11(18)7-19-16(12)23/h6-10,14H,3-5H2,1-2H3/t14-/m1/s1. The van der Waals surface area contributed by atoms with E-state index < -0.39 is 0 Å². The Hall–Kier alpha value is -2.22. The van der Waals surface area contributed by atoms with Crippen LogP contribution in [0, 0.1) is 0 Å². The highest BCUT2D eigenvalue weighted by molar-refractivity contribution is 9.10. The molecule has 1 aliphatic heterocycles. The van der Waals surface area contributed by atoms with Crippen molar-refractivity contribution in [1.82, 2.24) is 24.7 Å².